The van der Waals surface area contributed by atoms with Gasteiger partial charge in [0.25, 0.3) is 0 Å². The lowest BCUT2D eigenvalue weighted by atomic mass is 10.0. The number of hydrogen-bond acceptors (Lipinski definition) is 2. The summed E-state index contributed by atoms with van der Waals surface area (Å²) in [4.78, 5) is 0. The third kappa shape index (κ3) is 2.27. The molecule has 4 heteroatoms. The van der Waals surface area contributed by atoms with E-state index in [1.807, 2.05) is 0 Å². The van der Waals surface area contributed by atoms with Crippen molar-refractivity contribution >= 4 is 0 Å². The van der Waals surface area contributed by atoms with E-state index in [1.165, 1.54) is 6.07 Å². The molecular formula is C10H13F2NO. The van der Waals surface area contributed by atoms with Crippen LogP contribution in [0, 0.1) is 11.6 Å². The molecule has 78 valence electrons. The Labute approximate surface area is 81.4 Å². The van der Waals surface area contributed by atoms with Crippen molar-refractivity contribution in [3.05, 3.63) is 35.4 Å². The second-order valence-corrected chi connectivity index (χ2v) is 3.18. The van der Waals surface area contributed by atoms with Crippen molar-refractivity contribution in [1.29, 1.82) is 0 Å². The Morgan fingerprint density at radius 3 is 2.57 bits per heavy atom. The molecule has 14 heavy (non-hydrogen) atoms. The molecule has 0 saturated carbocycles. The number of nitrogens with two attached hydrogens (primary N) is 1. The maximum atomic E-state index is 13.1. The average molecular weight is 201 g/mol. The Kier molecular flexibility index (Phi) is 3.55. The molecule has 1 aromatic rings. The molecule has 0 aromatic heterocycles. The van der Waals surface area contributed by atoms with Crippen LogP contribution in [-0.4, -0.2) is 11.1 Å². The highest BCUT2D eigenvalue weighted by Crippen LogP contribution is 2.21. The molecule has 0 unspecified atom stereocenters. The summed E-state index contributed by atoms with van der Waals surface area (Å²) in [7, 11) is 0. The lowest BCUT2D eigenvalue weighted by molar-refractivity contribution is 0.140. The average Bonchev–Trinajstić information content (AvgIpc) is 2.15. The molecule has 0 amide bonds. The lowest BCUT2D eigenvalue weighted by Gasteiger charge is -2.17. The van der Waals surface area contributed by atoms with Gasteiger partial charge in [-0.3, -0.25) is 0 Å². The van der Waals surface area contributed by atoms with Gasteiger partial charge >= 0.3 is 0 Å². The van der Waals surface area contributed by atoms with Crippen LogP contribution in [-0.2, 0) is 0 Å². The summed E-state index contributed by atoms with van der Waals surface area (Å²) in [5.74, 6) is -1.43. The normalized spacial score (nSPS) is 15.2. The molecule has 2 atom stereocenters. The zero-order chi connectivity index (χ0) is 10.7. The van der Waals surface area contributed by atoms with E-state index in [-0.39, 0.29) is 5.56 Å². The van der Waals surface area contributed by atoms with Crippen molar-refractivity contribution in [1.82, 2.24) is 0 Å². The summed E-state index contributed by atoms with van der Waals surface area (Å²) in [6.07, 6.45) is -0.557. The van der Waals surface area contributed by atoms with Gasteiger partial charge in [-0.05, 0) is 12.5 Å². The number of rotatable bonds is 3. The number of halogens is 2. The van der Waals surface area contributed by atoms with Crippen LogP contribution in [0.1, 0.15) is 25.0 Å². The fourth-order valence-electron chi connectivity index (χ4n) is 1.20. The van der Waals surface area contributed by atoms with Crippen LogP contribution in [0.2, 0.25) is 0 Å². The molecule has 0 fully saturated rings. The molecule has 0 heterocycles. The molecule has 1 aromatic carbocycles. The van der Waals surface area contributed by atoms with E-state index >= 15 is 0 Å². The third-order valence-corrected chi connectivity index (χ3v) is 2.16. The molecule has 0 spiro atoms. The van der Waals surface area contributed by atoms with E-state index in [1.54, 1.807) is 6.92 Å². The van der Waals surface area contributed by atoms with Gasteiger partial charge in [-0.25, -0.2) is 8.78 Å². The van der Waals surface area contributed by atoms with Gasteiger partial charge in [0, 0.05) is 17.7 Å². The predicted molar refractivity (Wildman–Crippen MR) is 49.6 cm³/mol. The zero-order valence-corrected chi connectivity index (χ0v) is 7.87. The SMILES string of the molecule is CC[C@@H](N)[C@H](O)c1ccc(F)cc1F. The number of benzene rings is 1. The Balaban J connectivity index is 2.95. The van der Waals surface area contributed by atoms with Gasteiger partial charge in [0.05, 0.1) is 6.10 Å². The van der Waals surface area contributed by atoms with Crippen LogP contribution in [0.3, 0.4) is 0 Å². The van der Waals surface area contributed by atoms with Crippen molar-refractivity contribution < 1.29 is 13.9 Å². The number of hydrogen-bond donors (Lipinski definition) is 2. The molecule has 0 bridgehead atoms. The van der Waals surface area contributed by atoms with Gasteiger partial charge in [0.1, 0.15) is 11.6 Å². The van der Waals surface area contributed by atoms with Crippen LogP contribution in [0.25, 0.3) is 0 Å². The van der Waals surface area contributed by atoms with Crippen molar-refractivity contribution in [3.8, 4) is 0 Å². The van der Waals surface area contributed by atoms with Crippen LogP contribution in [0.5, 0.6) is 0 Å². The van der Waals surface area contributed by atoms with Crippen LogP contribution >= 0.6 is 0 Å². The summed E-state index contributed by atoms with van der Waals surface area (Å²) in [5, 5.41) is 9.57. The minimum absolute atomic E-state index is 0.0424. The molecular weight excluding hydrogens is 188 g/mol. The van der Waals surface area contributed by atoms with E-state index in [0.29, 0.717) is 6.42 Å². The van der Waals surface area contributed by atoms with E-state index in [0.717, 1.165) is 12.1 Å². The first-order valence-electron chi connectivity index (χ1n) is 4.44. The van der Waals surface area contributed by atoms with Crippen molar-refractivity contribution in [2.24, 2.45) is 5.73 Å². The minimum Gasteiger partial charge on any atom is -0.387 e. The monoisotopic (exact) mass is 201 g/mol. The van der Waals surface area contributed by atoms with Crippen molar-refractivity contribution in [2.75, 3.05) is 0 Å². The van der Waals surface area contributed by atoms with Gasteiger partial charge < -0.3 is 10.8 Å². The minimum atomic E-state index is -1.08. The van der Waals surface area contributed by atoms with Gasteiger partial charge in [0.15, 0.2) is 0 Å². The quantitative estimate of drug-likeness (QED) is 0.782. The molecule has 0 saturated heterocycles. The summed E-state index contributed by atoms with van der Waals surface area (Å²) < 4.78 is 25.7. The standard InChI is InChI=1S/C10H13F2NO/c1-2-9(13)10(14)7-4-3-6(11)5-8(7)12/h3-5,9-10,14H,2,13H2,1H3/t9-,10-/m1/s1. The van der Waals surface area contributed by atoms with E-state index in [4.69, 9.17) is 5.73 Å². The fourth-order valence-corrected chi connectivity index (χ4v) is 1.20. The maximum absolute atomic E-state index is 13.1. The lowest BCUT2D eigenvalue weighted by Crippen LogP contribution is -2.28. The van der Waals surface area contributed by atoms with Crippen LogP contribution in [0.4, 0.5) is 8.78 Å². The second-order valence-electron chi connectivity index (χ2n) is 3.18. The molecule has 0 radical (unpaired) electrons. The highest BCUT2D eigenvalue weighted by Gasteiger charge is 2.18. The Morgan fingerprint density at radius 2 is 2.07 bits per heavy atom. The maximum Gasteiger partial charge on any atom is 0.131 e. The van der Waals surface area contributed by atoms with Gasteiger partial charge in [-0.2, -0.15) is 0 Å². The predicted octanol–water partition coefficient (Wildman–Crippen LogP) is 1.74. The largest absolute Gasteiger partial charge is 0.387 e. The molecule has 0 aliphatic heterocycles. The van der Waals surface area contributed by atoms with Crippen LogP contribution < -0.4 is 5.73 Å². The molecule has 2 nitrogen and oxygen atoms in total. The summed E-state index contributed by atoms with van der Waals surface area (Å²) >= 11 is 0. The van der Waals surface area contributed by atoms with Crippen LogP contribution in [0.15, 0.2) is 18.2 Å². The van der Waals surface area contributed by atoms with E-state index < -0.39 is 23.8 Å². The molecule has 3 N–H and O–H groups in total. The van der Waals surface area contributed by atoms with E-state index in [9.17, 15) is 13.9 Å². The fraction of sp³-hybridized carbons (Fsp3) is 0.400. The Hall–Kier alpha value is -1.00. The summed E-state index contributed by atoms with van der Waals surface area (Å²) in [6.45, 7) is 1.79. The summed E-state index contributed by atoms with van der Waals surface area (Å²) in [6, 6.07) is 2.52. The first-order valence-corrected chi connectivity index (χ1v) is 4.44. The topological polar surface area (TPSA) is 46.2 Å². The first kappa shape index (κ1) is 11.1. The molecule has 0 aliphatic carbocycles. The smallest absolute Gasteiger partial charge is 0.131 e. The molecule has 0 aliphatic rings. The third-order valence-electron chi connectivity index (χ3n) is 2.16. The van der Waals surface area contributed by atoms with Crippen molar-refractivity contribution in [3.63, 3.8) is 0 Å². The number of aliphatic hydroxyl groups is 1. The first-order chi connectivity index (χ1) is 6.56. The Morgan fingerprint density at radius 1 is 1.43 bits per heavy atom. The summed E-state index contributed by atoms with van der Waals surface area (Å²) in [5.41, 5.74) is 5.59. The van der Waals surface area contributed by atoms with Gasteiger partial charge in [0.2, 0.25) is 0 Å². The zero-order valence-electron chi connectivity index (χ0n) is 7.87. The van der Waals surface area contributed by atoms with Gasteiger partial charge in [-0.1, -0.05) is 13.0 Å². The van der Waals surface area contributed by atoms with E-state index in [2.05, 4.69) is 0 Å². The highest BCUT2D eigenvalue weighted by atomic mass is 19.1. The highest BCUT2D eigenvalue weighted by molar-refractivity contribution is 5.21. The Bertz CT molecular complexity index is 317. The molecule has 1 rings (SSSR count). The number of aliphatic hydroxyl groups excluding tert-OH is 1. The van der Waals surface area contributed by atoms with Crippen molar-refractivity contribution in [2.45, 2.75) is 25.5 Å². The second kappa shape index (κ2) is 4.48. The van der Waals surface area contributed by atoms with Gasteiger partial charge in [-0.15, -0.1) is 0 Å².